The molecule has 0 saturated heterocycles. The van der Waals surface area contributed by atoms with Gasteiger partial charge in [0.25, 0.3) is 0 Å². The normalized spacial score (nSPS) is 22.3. The second-order valence-electron chi connectivity index (χ2n) is 5.28. The van der Waals surface area contributed by atoms with Gasteiger partial charge in [0.1, 0.15) is 0 Å². The minimum absolute atomic E-state index is 0.0407. The average Bonchev–Trinajstić information content (AvgIpc) is 2.83. The first-order chi connectivity index (χ1) is 8.91. The molecule has 6 nitrogen and oxygen atoms in total. The van der Waals surface area contributed by atoms with Gasteiger partial charge in [0, 0.05) is 24.9 Å². The third-order valence-corrected chi connectivity index (χ3v) is 3.40. The molecule has 0 aromatic heterocycles. The maximum Gasteiger partial charge on any atom is 0.306 e. The van der Waals surface area contributed by atoms with E-state index < -0.39 is 11.9 Å². The van der Waals surface area contributed by atoms with Crippen LogP contribution in [0.4, 0.5) is 0 Å². The lowest BCUT2D eigenvalue weighted by Crippen LogP contribution is -2.38. The van der Waals surface area contributed by atoms with Crippen molar-refractivity contribution in [2.45, 2.75) is 33.1 Å². The molecule has 1 fully saturated rings. The van der Waals surface area contributed by atoms with E-state index in [0.29, 0.717) is 32.4 Å². The molecular formula is C13H22N2O4. The molecule has 0 aliphatic heterocycles. The number of carboxylic acids is 1. The number of amides is 2. The predicted octanol–water partition coefficient (Wildman–Crippen LogP) is 0.376. The first-order valence-electron chi connectivity index (χ1n) is 6.70. The van der Waals surface area contributed by atoms with Crippen LogP contribution in [0, 0.1) is 17.8 Å². The Morgan fingerprint density at radius 1 is 1.11 bits per heavy atom. The molecule has 1 aliphatic rings. The highest BCUT2D eigenvalue weighted by Crippen LogP contribution is 2.30. The van der Waals surface area contributed by atoms with Gasteiger partial charge in [0.05, 0.1) is 5.92 Å². The zero-order chi connectivity index (χ0) is 14.4. The number of rotatable bonds is 6. The van der Waals surface area contributed by atoms with E-state index in [-0.39, 0.29) is 23.7 Å². The van der Waals surface area contributed by atoms with Crippen molar-refractivity contribution < 1.29 is 19.5 Å². The van der Waals surface area contributed by atoms with Gasteiger partial charge in [0.2, 0.25) is 11.8 Å². The van der Waals surface area contributed by atoms with E-state index >= 15 is 0 Å². The number of hydrogen-bond acceptors (Lipinski definition) is 3. The molecule has 2 unspecified atom stereocenters. The molecule has 0 bridgehead atoms. The van der Waals surface area contributed by atoms with Crippen LogP contribution in [0.3, 0.4) is 0 Å². The molecule has 108 valence electrons. The van der Waals surface area contributed by atoms with E-state index in [4.69, 9.17) is 5.11 Å². The van der Waals surface area contributed by atoms with Crippen molar-refractivity contribution in [3.8, 4) is 0 Å². The maximum absolute atomic E-state index is 11.8. The summed E-state index contributed by atoms with van der Waals surface area (Å²) in [4.78, 5) is 33.8. The van der Waals surface area contributed by atoms with Crippen molar-refractivity contribution in [1.82, 2.24) is 10.6 Å². The fourth-order valence-electron chi connectivity index (χ4n) is 2.16. The number of hydrogen-bond donors (Lipinski definition) is 3. The van der Waals surface area contributed by atoms with Crippen molar-refractivity contribution in [3.05, 3.63) is 0 Å². The number of nitrogens with one attached hydrogen (secondary N) is 2. The van der Waals surface area contributed by atoms with Crippen LogP contribution in [0.15, 0.2) is 0 Å². The highest BCUT2D eigenvalue weighted by Gasteiger charge is 2.33. The fourth-order valence-corrected chi connectivity index (χ4v) is 2.16. The van der Waals surface area contributed by atoms with Crippen LogP contribution >= 0.6 is 0 Å². The molecule has 0 spiro atoms. The largest absolute Gasteiger partial charge is 0.481 e. The second-order valence-corrected chi connectivity index (χ2v) is 5.28. The smallest absolute Gasteiger partial charge is 0.306 e. The Labute approximate surface area is 112 Å². The Hall–Kier alpha value is -1.59. The molecule has 6 heteroatoms. The monoisotopic (exact) mass is 270 g/mol. The number of carbonyl (C=O) groups is 3. The zero-order valence-corrected chi connectivity index (χ0v) is 11.4. The molecular weight excluding hydrogens is 248 g/mol. The summed E-state index contributed by atoms with van der Waals surface area (Å²) < 4.78 is 0. The fraction of sp³-hybridized carbons (Fsp3) is 0.769. The van der Waals surface area contributed by atoms with Crippen LogP contribution in [-0.4, -0.2) is 36.0 Å². The summed E-state index contributed by atoms with van der Waals surface area (Å²) in [5.74, 6) is -1.64. The highest BCUT2D eigenvalue weighted by atomic mass is 16.4. The predicted molar refractivity (Wildman–Crippen MR) is 69.3 cm³/mol. The molecule has 19 heavy (non-hydrogen) atoms. The summed E-state index contributed by atoms with van der Waals surface area (Å²) in [5, 5.41) is 14.3. The summed E-state index contributed by atoms with van der Waals surface area (Å²) in [7, 11) is 0. The molecule has 2 amide bonds. The van der Waals surface area contributed by atoms with Gasteiger partial charge in [-0.3, -0.25) is 14.4 Å². The molecule has 0 radical (unpaired) electrons. The Morgan fingerprint density at radius 2 is 1.68 bits per heavy atom. The lowest BCUT2D eigenvalue weighted by Gasteiger charge is -2.12. The molecule has 0 aromatic carbocycles. The van der Waals surface area contributed by atoms with Gasteiger partial charge in [0.15, 0.2) is 0 Å². The molecule has 0 heterocycles. The van der Waals surface area contributed by atoms with Gasteiger partial charge in [-0.2, -0.15) is 0 Å². The van der Waals surface area contributed by atoms with Crippen LogP contribution in [0.2, 0.25) is 0 Å². The van der Waals surface area contributed by atoms with Gasteiger partial charge in [-0.25, -0.2) is 0 Å². The molecule has 1 rings (SSSR count). The number of carboxylic acid groups (broad SMARTS) is 1. The molecule has 2 atom stereocenters. The average molecular weight is 270 g/mol. The topological polar surface area (TPSA) is 95.5 Å². The van der Waals surface area contributed by atoms with Crippen LogP contribution in [0.1, 0.15) is 33.1 Å². The van der Waals surface area contributed by atoms with Gasteiger partial charge >= 0.3 is 5.97 Å². The highest BCUT2D eigenvalue weighted by molar-refractivity contribution is 5.81. The summed E-state index contributed by atoms with van der Waals surface area (Å²) >= 11 is 0. The molecule has 1 aliphatic carbocycles. The van der Waals surface area contributed by atoms with Crippen LogP contribution in [0.25, 0.3) is 0 Å². The first-order valence-corrected chi connectivity index (χ1v) is 6.70. The van der Waals surface area contributed by atoms with Crippen LogP contribution in [0.5, 0.6) is 0 Å². The van der Waals surface area contributed by atoms with E-state index in [9.17, 15) is 14.4 Å². The Bertz CT molecular complexity index is 355. The summed E-state index contributed by atoms with van der Waals surface area (Å²) in [6.45, 7) is 4.39. The lowest BCUT2D eigenvalue weighted by molar-refractivity contribution is -0.141. The van der Waals surface area contributed by atoms with Crippen molar-refractivity contribution in [2.75, 3.05) is 13.1 Å². The third kappa shape index (κ3) is 4.89. The van der Waals surface area contributed by atoms with Gasteiger partial charge < -0.3 is 15.7 Å². The Kier molecular flexibility index (Phi) is 5.79. The Morgan fingerprint density at radius 3 is 2.21 bits per heavy atom. The number of carbonyl (C=O) groups excluding carboxylic acids is 2. The van der Waals surface area contributed by atoms with Crippen molar-refractivity contribution in [1.29, 1.82) is 0 Å². The summed E-state index contributed by atoms with van der Waals surface area (Å²) in [6.07, 6.45) is 1.61. The maximum atomic E-state index is 11.8. The zero-order valence-electron chi connectivity index (χ0n) is 11.4. The van der Waals surface area contributed by atoms with Crippen LogP contribution in [-0.2, 0) is 14.4 Å². The van der Waals surface area contributed by atoms with Gasteiger partial charge in [-0.15, -0.1) is 0 Å². The summed E-state index contributed by atoms with van der Waals surface area (Å²) in [5.41, 5.74) is 0. The molecule has 3 N–H and O–H groups in total. The minimum atomic E-state index is -0.820. The second kappa shape index (κ2) is 7.11. The van der Waals surface area contributed by atoms with E-state index in [0.717, 1.165) is 0 Å². The number of aliphatic carboxylic acids is 1. The molecule has 0 aromatic rings. The van der Waals surface area contributed by atoms with Crippen molar-refractivity contribution >= 4 is 17.8 Å². The Balaban J connectivity index is 2.19. The lowest BCUT2D eigenvalue weighted by atomic mass is 10.0. The van der Waals surface area contributed by atoms with Crippen LogP contribution < -0.4 is 10.6 Å². The van der Waals surface area contributed by atoms with Gasteiger partial charge in [-0.1, -0.05) is 13.8 Å². The van der Waals surface area contributed by atoms with Crippen molar-refractivity contribution in [2.24, 2.45) is 17.8 Å². The van der Waals surface area contributed by atoms with E-state index in [1.807, 2.05) is 0 Å². The quantitative estimate of drug-likeness (QED) is 0.608. The third-order valence-electron chi connectivity index (χ3n) is 3.40. The molecule has 1 saturated carbocycles. The minimum Gasteiger partial charge on any atom is -0.481 e. The van der Waals surface area contributed by atoms with Gasteiger partial charge in [-0.05, 0) is 19.3 Å². The summed E-state index contributed by atoms with van der Waals surface area (Å²) in [6, 6.07) is 0. The SMILES string of the molecule is CC(C)C(=O)NCCNC(=O)C1CCC(C(=O)O)C1. The standard InChI is InChI=1S/C13H22N2O4/c1-8(2)11(16)14-5-6-15-12(17)9-3-4-10(7-9)13(18)19/h8-10H,3-7H2,1-2H3,(H,14,16)(H,15,17)(H,18,19). The van der Waals surface area contributed by atoms with E-state index in [1.165, 1.54) is 0 Å². The van der Waals surface area contributed by atoms with E-state index in [2.05, 4.69) is 10.6 Å². The van der Waals surface area contributed by atoms with E-state index in [1.54, 1.807) is 13.8 Å². The first kappa shape index (κ1) is 15.5. The van der Waals surface area contributed by atoms with Crippen molar-refractivity contribution in [3.63, 3.8) is 0 Å².